The Hall–Kier alpha value is -2.14. The fourth-order valence-corrected chi connectivity index (χ4v) is 3.85. The van der Waals surface area contributed by atoms with Crippen molar-refractivity contribution in [1.29, 1.82) is 0 Å². The van der Waals surface area contributed by atoms with Gasteiger partial charge in [0.15, 0.2) is 0 Å². The number of amides is 1. The number of benzene rings is 1. The van der Waals surface area contributed by atoms with Gasteiger partial charge >= 0.3 is 0 Å². The van der Waals surface area contributed by atoms with Crippen LogP contribution in [0.25, 0.3) is 0 Å². The van der Waals surface area contributed by atoms with Crippen LogP contribution in [0.4, 0.5) is 5.69 Å². The second-order valence-corrected chi connectivity index (χ2v) is 7.85. The van der Waals surface area contributed by atoms with Crippen molar-refractivity contribution in [2.75, 3.05) is 0 Å². The van der Waals surface area contributed by atoms with Crippen LogP contribution in [0.2, 0.25) is 0 Å². The Morgan fingerprint density at radius 2 is 2.08 bits per heavy atom. The number of hydrogen-bond donors (Lipinski definition) is 3. The summed E-state index contributed by atoms with van der Waals surface area (Å²) in [6.07, 6.45) is 2.06. The summed E-state index contributed by atoms with van der Waals surface area (Å²) in [7, 11) is 0. The number of hydrazone groups is 1. The molecule has 2 unspecified atom stereocenters. The molecule has 1 aliphatic heterocycles. The van der Waals surface area contributed by atoms with E-state index in [0.29, 0.717) is 12.0 Å². The van der Waals surface area contributed by atoms with E-state index in [1.165, 1.54) is 18.3 Å². The number of nitrogens with zero attached hydrogens (tertiary/aromatic N) is 2. The molecular weight excluding hydrogens is 410 g/mol. The lowest BCUT2D eigenvalue weighted by Crippen LogP contribution is -2.41. The van der Waals surface area contributed by atoms with Crippen molar-refractivity contribution in [3.05, 3.63) is 60.7 Å². The minimum absolute atomic E-state index is 0.00803. The first kappa shape index (κ1) is 17.7. The van der Waals surface area contributed by atoms with Crippen LogP contribution in [0.15, 0.2) is 45.3 Å². The van der Waals surface area contributed by atoms with E-state index in [9.17, 15) is 14.9 Å². The average Bonchev–Trinajstić information content (AvgIpc) is 3.24. The summed E-state index contributed by atoms with van der Waals surface area (Å²) in [5.41, 5.74) is 9.21. The molecule has 1 aromatic carbocycles. The summed E-state index contributed by atoms with van der Waals surface area (Å²) < 4.78 is 1.05. The Bertz CT molecular complexity index is 808. The number of hydrogen-bond acceptors (Lipinski definition) is 7. The zero-order valence-corrected chi connectivity index (χ0v) is 15.2. The molecule has 0 bridgehead atoms. The zero-order chi connectivity index (χ0) is 17.8. The molecule has 1 fully saturated rings. The third-order valence-corrected chi connectivity index (χ3v) is 5.39. The van der Waals surface area contributed by atoms with Gasteiger partial charge in [0.05, 0.1) is 21.0 Å². The first-order valence-electron chi connectivity index (χ1n) is 7.36. The number of nitro benzene ring substituents is 1. The van der Waals surface area contributed by atoms with E-state index < -0.39 is 4.92 Å². The Labute approximate surface area is 155 Å². The maximum atomic E-state index is 12.1. The van der Waals surface area contributed by atoms with Gasteiger partial charge in [-0.25, -0.2) is 16.3 Å². The Morgan fingerprint density at radius 1 is 1.32 bits per heavy atom. The summed E-state index contributed by atoms with van der Waals surface area (Å²) in [6.45, 7) is 0. The van der Waals surface area contributed by atoms with Crippen LogP contribution in [-0.2, 0) is 4.79 Å². The summed E-state index contributed by atoms with van der Waals surface area (Å²) in [4.78, 5) is 23.4. The second-order valence-electron chi connectivity index (χ2n) is 5.35. The van der Waals surface area contributed by atoms with Crippen LogP contribution in [0.3, 0.4) is 0 Å². The van der Waals surface area contributed by atoms with Crippen molar-refractivity contribution in [2.45, 2.75) is 18.5 Å². The van der Waals surface area contributed by atoms with E-state index in [4.69, 9.17) is 0 Å². The normalized spacial score (nSPS) is 20.0. The highest BCUT2D eigenvalue weighted by Gasteiger charge is 2.30. The van der Waals surface area contributed by atoms with Crippen LogP contribution >= 0.6 is 27.3 Å². The van der Waals surface area contributed by atoms with Crippen molar-refractivity contribution < 1.29 is 9.72 Å². The summed E-state index contributed by atoms with van der Waals surface area (Å²) in [6, 6.07) is 9.57. The molecule has 2 heterocycles. The van der Waals surface area contributed by atoms with E-state index in [1.54, 1.807) is 23.5 Å². The molecule has 3 N–H and O–H groups in total. The number of thiophene rings is 1. The molecule has 1 saturated heterocycles. The molecule has 8 nitrogen and oxygen atoms in total. The van der Waals surface area contributed by atoms with Crippen molar-refractivity contribution in [2.24, 2.45) is 5.10 Å². The van der Waals surface area contributed by atoms with E-state index >= 15 is 0 Å². The van der Waals surface area contributed by atoms with Gasteiger partial charge in [-0.3, -0.25) is 14.9 Å². The van der Waals surface area contributed by atoms with E-state index in [2.05, 4.69) is 37.3 Å². The molecule has 0 spiro atoms. The molecule has 0 saturated carbocycles. The van der Waals surface area contributed by atoms with Gasteiger partial charge in [-0.2, -0.15) is 5.10 Å². The highest BCUT2D eigenvalue weighted by atomic mass is 79.9. The number of halogens is 1. The number of hydrazine groups is 1. The number of rotatable bonds is 5. The van der Waals surface area contributed by atoms with Crippen LogP contribution in [-0.4, -0.2) is 23.1 Å². The van der Waals surface area contributed by atoms with E-state index in [-0.39, 0.29) is 23.7 Å². The second kappa shape index (κ2) is 7.83. The Balaban J connectivity index is 1.51. The van der Waals surface area contributed by atoms with Crippen molar-refractivity contribution >= 4 is 45.1 Å². The molecule has 1 aromatic heterocycles. The first-order chi connectivity index (χ1) is 12.0. The lowest BCUT2D eigenvalue weighted by atomic mass is 10.1. The molecule has 1 amide bonds. The maximum Gasteiger partial charge on any atom is 0.269 e. The highest BCUT2D eigenvalue weighted by molar-refractivity contribution is 9.11. The molecule has 0 aliphatic carbocycles. The molecule has 130 valence electrons. The van der Waals surface area contributed by atoms with Gasteiger partial charge in [-0.1, -0.05) is 0 Å². The van der Waals surface area contributed by atoms with Gasteiger partial charge in [-0.05, 0) is 52.2 Å². The number of nitrogens with one attached hydrogen (secondary N) is 3. The minimum atomic E-state index is -0.468. The van der Waals surface area contributed by atoms with Gasteiger partial charge in [-0.15, -0.1) is 11.3 Å². The van der Waals surface area contributed by atoms with Crippen LogP contribution in [0.5, 0.6) is 0 Å². The number of non-ortho nitro benzene ring substituents is 1. The molecule has 10 heteroatoms. The van der Waals surface area contributed by atoms with Gasteiger partial charge in [0.1, 0.15) is 6.04 Å². The number of carbonyl (C=O) groups excluding carboxylic acids is 1. The molecule has 2 aromatic rings. The Morgan fingerprint density at radius 3 is 2.72 bits per heavy atom. The highest BCUT2D eigenvalue weighted by Crippen LogP contribution is 2.31. The maximum absolute atomic E-state index is 12.1. The molecule has 3 rings (SSSR count). The van der Waals surface area contributed by atoms with Crippen LogP contribution in [0.1, 0.15) is 22.9 Å². The number of nitro groups is 1. The predicted molar refractivity (Wildman–Crippen MR) is 98.3 cm³/mol. The van der Waals surface area contributed by atoms with Crippen molar-refractivity contribution in [3.8, 4) is 0 Å². The summed E-state index contributed by atoms with van der Waals surface area (Å²) in [5, 5.41) is 14.5. The third kappa shape index (κ3) is 4.48. The first-order valence-corrected chi connectivity index (χ1v) is 8.97. The molecule has 25 heavy (non-hydrogen) atoms. The van der Waals surface area contributed by atoms with E-state index in [1.807, 2.05) is 12.1 Å². The van der Waals surface area contributed by atoms with Gasteiger partial charge in [0.2, 0.25) is 0 Å². The smallest absolute Gasteiger partial charge is 0.269 e. The standard InChI is InChI=1S/C15H14BrN5O3S/c16-14-6-5-13(25-14)11-7-12(19-18-11)15(22)20-17-8-9-1-3-10(4-2-9)21(23)24/h1-6,8,11-12,18-19H,7H2,(H,20,22)/b17-8+. The molecule has 1 aliphatic rings. The summed E-state index contributed by atoms with van der Waals surface area (Å²) in [5.74, 6) is -0.246. The zero-order valence-electron chi connectivity index (χ0n) is 12.8. The largest absolute Gasteiger partial charge is 0.271 e. The lowest BCUT2D eigenvalue weighted by molar-refractivity contribution is -0.384. The van der Waals surface area contributed by atoms with Crippen molar-refractivity contribution in [1.82, 2.24) is 16.3 Å². The predicted octanol–water partition coefficient (Wildman–Crippen LogP) is 2.48. The topological polar surface area (TPSA) is 109 Å². The third-order valence-electron chi connectivity index (χ3n) is 3.65. The van der Waals surface area contributed by atoms with Crippen LogP contribution in [0, 0.1) is 10.1 Å². The minimum Gasteiger partial charge on any atom is -0.271 e. The van der Waals surface area contributed by atoms with Crippen molar-refractivity contribution in [3.63, 3.8) is 0 Å². The number of carbonyl (C=O) groups is 1. The monoisotopic (exact) mass is 423 g/mol. The van der Waals surface area contributed by atoms with E-state index in [0.717, 1.165) is 8.66 Å². The van der Waals surface area contributed by atoms with Gasteiger partial charge in [0.25, 0.3) is 11.6 Å². The summed E-state index contributed by atoms with van der Waals surface area (Å²) >= 11 is 5.05. The SMILES string of the molecule is O=C(N/N=C/c1ccc([N+](=O)[O-])cc1)C1CC(c2ccc(Br)s2)NN1. The molecular formula is C15H14BrN5O3S. The fraction of sp³-hybridized carbons (Fsp3) is 0.200. The fourth-order valence-electron chi connectivity index (χ4n) is 2.36. The van der Waals surface area contributed by atoms with Crippen LogP contribution < -0.4 is 16.3 Å². The van der Waals surface area contributed by atoms with Gasteiger partial charge < -0.3 is 0 Å². The Kier molecular flexibility index (Phi) is 5.53. The molecule has 2 atom stereocenters. The quantitative estimate of drug-likeness (QED) is 0.388. The van der Waals surface area contributed by atoms with Gasteiger partial charge in [0, 0.05) is 17.0 Å². The average molecular weight is 424 g/mol. The molecule has 0 radical (unpaired) electrons. The lowest BCUT2D eigenvalue weighted by Gasteiger charge is -2.06.